The molecular weight excluding hydrogens is 406 g/mol. The molecule has 0 spiro atoms. The third-order valence-corrected chi connectivity index (χ3v) is 5.25. The molecule has 1 saturated heterocycles. The number of amides is 1. The second-order valence-electron chi connectivity index (χ2n) is 5.63. The minimum absolute atomic E-state index is 0.270. The summed E-state index contributed by atoms with van der Waals surface area (Å²) in [6, 6.07) is 13.8. The molecule has 3 rings (SSSR count). The van der Waals surface area contributed by atoms with E-state index >= 15 is 0 Å². The molecule has 0 bridgehead atoms. The lowest BCUT2D eigenvalue weighted by Crippen LogP contribution is -2.27. The maximum absolute atomic E-state index is 12.8. The Morgan fingerprint density at radius 2 is 2.04 bits per heavy atom. The number of hydrogen-bond acceptors (Lipinski definition) is 5. The number of nitrogens with zero attached hydrogens (tertiary/aromatic N) is 1. The van der Waals surface area contributed by atoms with E-state index in [1.807, 2.05) is 0 Å². The third-order valence-electron chi connectivity index (χ3n) is 3.72. The molecule has 0 radical (unpaired) electrons. The summed E-state index contributed by atoms with van der Waals surface area (Å²) in [5, 5.41) is 9.55. The molecule has 0 saturated carbocycles. The molecule has 1 atom stereocenters. The van der Waals surface area contributed by atoms with Crippen molar-refractivity contribution in [1.29, 1.82) is 0 Å². The fourth-order valence-electron chi connectivity index (χ4n) is 2.39. The van der Waals surface area contributed by atoms with Crippen LogP contribution in [0.4, 0.5) is 5.69 Å². The molecule has 1 amide bonds. The number of carboxylic acid groups (broad SMARTS) is 1. The topological polar surface area (TPSA) is 66.8 Å². The molecule has 8 heteroatoms. The van der Waals surface area contributed by atoms with Crippen LogP contribution in [-0.2, 0) is 9.59 Å². The average molecular weight is 420 g/mol. The van der Waals surface area contributed by atoms with E-state index in [2.05, 4.69) is 0 Å². The van der Waals surface area contributed by atoms with Gasteiger partial charge in [-0.15, -0.1) is 0 Å². The number of thioether (sulfide) groups is 1. The van der Waals surface area contributed by atoms with Crippen LogP contribution in [0.25, 0.3) is 6.08 Å². The second-order valence-corrected chi connectivity index (χ2v) is 7.75. The molecule has 1 heterocycles. The van der Waals surface area contributed by atoms with Gasteiger partial charge in [-0.1, -0.05) is 59.8 Å². The van der Waals surface area contributed by atoms with Gasteiger partial charge in [-0.25, -0.2) is 4.79 Å². The highest BCUT2D eigenvalue weighted by atomic mass is 35.5. The van der Waals surface area contributed by atoms with Gasteiger partial charge in [-0.2, -0.15) is 0 Å². The molecule has 1 N–H and O–H groups in total. The SMILES string of the molecule is CC(Oc1ccccc1/C=C1/SC(=S)N(c2cccc(Cl)c2)C1=O)C(=O)O. The summed E-state index contributed by atoms with van der Waals surface area (Å²) in [6.07, 6.45) is 0.633. The van der Waals surface area contributed by atoms with Crippen LogP contribution in [0, 0.1) is 0 Å². The van der Waals surface area contributed by atoms with E-state index in [4.69, 9.17) is 33.7 Å². The summed E-state index contributed by atoms with van der Waals surface area (Å²) in [7, 11) is 0. The Morgan fingerprint density at radius 3 is 2.74 bits per heavy atom. The lowest BCUT2D eigenvalue weighted by atomic mass is 10.1. The Morgan fingerprint density at radius 1 is 1.30 bits per heavy atom. The molecular formula is C19H14ClNO4S2. The molecule has 138 valence electrons. The van der Waals surface area contributed by atoms with Gasteiger partial charge in [-0.05, 0) is 37.3 Å². The number of hydrogen-bond donors (Lipinski definition) is 1. The van der Waals surface area contributed by atoms with Crippen molar-refractivity contribution in [3.05, 3.63) is 64.0 Å². The molecule has 1 aliphatic heterocycles. The molecule has 2 aromatic rings. The molecule has 1 aliphatic rings. The van der Waals surface area contributed by atoms with Crippen molar-refractivity contribution in [1.82, 2.24) is 0 Å². The molecule has 2 aromatic carbocycles. The predicted molar refractivity (Wildman–Crippen MR) is 111 cm³/mol. The number of ether oxygens (including phenoxy) is 1. The molecule has 1 fully saturated rings. The first-order chi connectivity index (χ1) is 12.9. The van der Waals surface area contributed by atoms with Crippen LogP contribution in [0.15, 0.2) is 53.4 Å². The number of anilines is 1. The summed E-state index contributed by atoms with van der Waals surface area (Å²) in [5.41, 5.74) is 1.19. The summed E-state index contributed by atoms with van der Waals surface area (Å²) in [5.74, 6) is -0.967. The highest BCUT2D eigenvalue weighted by Gasteiger charge is 2.33. The van der Waals surface area contributed by atoms with E-state index in [1.54, 1.807) is 54.6 Å². The van der Waals surface area contributed by atoms with E-state index in [0.29, 0.717) is 31.2 Å². The summed E-state index contributed by atoms with van der Waals surface area (Å²) < 4.78 is 5.87. The number of para-hydroxylation sites is 1. The maximum atomic E-state index is 12.8. The van der Waals surface area contributed by atoms with Crippen molar-refractivity contribution in [2.45, 2.75) is 13.0 Å². The first kappa shape index (κ1) is 19.4. The van der Waals surface area contributed by atoms with Crippen LogP contribution < -0.4 is 9.64 Å². The number of thiocarbonyl (C=S) groups is 1. The second kappa shape index (κ2) is 8.12. The maximum Gasteiger partial charge on any atom is 0.344 e. The first-order valence-electron chi connectivity index (χ1n) is 7.89. The lowest BCUT2D eigenvalue weighted by Gasteiger charge is -2.14. The number of halogens is 1. The van der Waals surface area contributed by atoms with E-state index in [1.165, 1.54) is 23.6 Å². The van der Waals surface area contributed by atoms with Crippen LogP contribution in [0.5, 0.6) is 5.75 Å². The Bertz CT molecular complexity index is 960. The standard InChI is InChI=1S/C19H14ClNO4S2/c1-11(18(23)24)25-15-8-3-2-5-12(15)9-16-17(22)21(19(26)27-16)14-7-4-6-13(20)10-14/h2-11H,1H3,(H,23,24)/b16-9+. The fourth-order valence-corrected chi connectivity index (χ4v) is 3.87. The van der Waals surface area contributed by atoms with Crippen molar-refractivity contribution >= 4 is 63.5 Å². The zero-order valence-corrected chi connectivity index (χ0v) is 16.5. The average Bonchev–Trinajstić information content (AvgIpc) is 2.90. The van der Waals surface area contributed by atoms with Crippen LogP contribution in [0.3, 0.4) is 0 Å². The van der Waals surface area contributed by atoms with Gasteiger partial charge in [0.05, 0.1) is 10.6 Å². The zero-order chi connectivity index (χ0) is 19.6. The van der Waals surface area contributed by atoms with E-state index in [0.717, 1.165) is 0 Å². The van der Waals surface area contributed by atoms with Crippen LogP contribution in [-0.4, -0.2) is 27.4 Å². The number of carboxylic acids is 1. The minimum atomic E-state index is -1.07. The summed E-state index contributed by atoms with van der Waals surface area (Å²) in [6.45, 7) is 1.44. The minimum Gasteiger partial charge on any atom is -0.479 e. The van der Waals surface area contributed by atoms with Gasteiger partial charge in [0.1, 0.15) is 5.75 Å². The number of benzene rings is 2. The highest BCUT2D eigenvalue weighted by molar-refractivity contribution is 8.27. The summed E-state index contributed by atoms with van der Waals surface area (Å²) >= 11 is 12.5. The van der Waals surface area contributed by atoms with Gasteiger partial charge in [0, 0.05) is 10.6 Å². The van der Waals surface area contributed by atoms with Gasteiger partial charge in [0.15, 0.2) is 10.4 Å². The van der Waals surface area contributed by atoms with Gasteiger partial charge in [0.2, 0.25) is 0 Å². The largest absolute Gasteiger partial charge is 0.479 e. The van der Waals surface area contributed by atoms with E-state index in [-0.39, 0.29) is 5.91 Å². The van der Waals surface area contributed by atoms with E-state index in [9.17, 15) is 9.59 Å². The number of aliphatic carboxylic acids is 1. The molecule has 27 heavy (non-hydrogen) atoms. The fraction of sp³-hybridized carbons (Fsp3) is 0.105. The number of carbonyl (C=O) groups excluding carboxylic acids is 1. The molecule has 0 aliphatic carbocycles. The smallest absolute Gasteiger partial charge is 0.344 e. The molecule has 0 aromatic heterocycles. The van der Waals surface area contributed by atoms with Crippen LogP contribution in [0.1, 0.15) is 12.5 Å². The van der Waals surface area contributed by atoms with Gasteiger partial charge in [-0.3, -0.25) is 9.69 Å². The van der Waals surface area contributed by atoms with Crippen LogP contribution in [0.2, 0.25) is 5.02 Å². The normalized spacial score (nSPS) is 16.7. The van der Waals surface area contributed by atoms with Crippen molar-refractivity contribution in [2.24, 2.45) is 0 Å². The van der Waals surface area contributed by atoms with Gasteiger partial charge >= 0.3 is 5.97 Å². The van der Waals surface area contributed by atoms with E-state index < -0.39 is 12.1 Å². The van der Waals surface area contributed by atoms with Crippen molar-refractivity contribution in [3.8, 4) is 5.75 Å². The third kappa shape index (κ3) is 4.32. The number of rotatable bonds is 5. The predicted octanol–water partition coefficient (Wildman–Crippen LogP) is 4.60. The number of carbonyl (C=O) groups is 2. The zero-order valence-electron chi connectivity index (χ0n) is 14.1. The quantitative estimate of drug-likeness (QED) is 0.564. The Kier molecular flexibility index (Phi) is 5.84. The monoisotopic (exact) mass is 419 g/mol. The molecule has 5 nitrogen and oxygen atoms in total. The summed E-state index contributed by atoms with van der Waals surface area (Å²) in [4.78, 5) is 25.7. The van der Waals surface area contributed by atoms with Crippen molar-refractivity contribution in [3.63, 3.8) is 0 Å². The Hall–Kier alpha value is -2.35. The Labute approximate surface area is 170 Å². The first-order valence-corrected chi connectivity index (χ1v) is 9.49. The van der Waals surface area contributed by atoms with Crippen LogP contribution >= 0.6 is 35.6 Å². The van der Waals surface area contributed by atoms with Crippen molar-refractivity contribution in [2.75, 3.05) is 4.90 Å². The molecule has 1 unspecified atom stereocenters. The highest BCUT2D eigenvalue weighted by Crippen LogP contribution is 2.37. The Balaban J connectivity index is 1.92. The van der Waals surface area contributed by atoms with Gasteiger partial charge in [0.25, 0.3) is 5.91 Å². The van der Waals surface area contributed by atoms with Crippen molar-refractivity contribution < 1.29 is 19.4 Å². The van der Waals surface area contributed by atoms with Gasteiger partial charge < -0.3 is 9.84 Å². The lowest BCUT2D eigenvalue weighted by molar-refractivity contribution is -0.144.